The Kier molecular flexibility index (Phi) is 3.89. The van der Waals surface area contributed by atoms with E-state index < -0.39 is 17.9 Å². The molecule has 0 saturated heterocycles. The monoisotopic (exact) mass is 239 g/mol. The van der Waals surface area contributed by atoms with Crippen LogP contribution in [0.15, 0.2) is 18.2 Å². The number of carbonyl (C=O) groups excluding carboxylic acids is 1. The molecule has 0 radical (unpaired) electrons. The highest BCUT2D eigenvalue weighted by molar-refractivity contribution is 5.95. The molecule has 0 fully saturated rings. The van der Waals surface area contributed by atoms with Gasteiger partial charge in [0.05, 0.1) is 0 Å². The average molecular weight is 239 g/mol. The summed E-state index contributed by atoms with van der Waals surface area (Å²) in [4.78, 5) is 22.0. The lowest BCUT2D eigenvalue weighted by molar-refractivity contribution is -0.139. The summed E-state index contributed by atoms with van der Waals surface area (Å²) < 4.78 is 0. The van der Waals surface area contributed by atoms with E-state index >= 15 is 0 Å². The van der Waals surface area contributed by atoms with Crippen molar-refractivity contribution in [1.82, 2.24) is 10.9 Å². The van der Waals surface area contributed by atoms with Crippen LogP contribution in [0.2, 0.25) is 0 Å². The Morgan fingerprint density at radius 3 is 2.53 bits per heavy atom. The van der Waals surface area contributed by atoms with E-state index in [1.165, 1.54) is 25.1 Å². The molecule has 1 rings (SSSR count). The van der Waals surface area contributed by atoms with Crippen LogP contribution in [0.25, 0.3) is 0 Å². The summed E-state index contributed by atoms with van der Waals surface area (Å²) in [5.74, 6) is -1.82. The predicted octanol–water partition coefficient (Wildman–Crippen LogP) is -0.318. The summed E-state index contributed by atoms with van der Waals surface area (Å²) in [6, 6.07) is 2.96. The van der Waals surface area contributed by atoms with E-state index in [-0.39, 0.29) is 17.0 Å². The fraction of sp³-hybridized carbons (Fsp3) is 0.200. The highest BCUT2D eigenvalue weighted by atomic mass is 16.4. The van der Waals surface area contributed by atoms with Crippen molar-refractivity contribution < 1.29 is 19.8 Å². The van der Waals surface area contributed by atoms with Crippen LogP contribution in [0.3, 0.4) is 0 Å². The van der Waals surface area contributed by atoms with E-state index in [1.54, 1.807) is 0 Å². The lowest BCUT2D eigenvalue weighted by Crippen LogP contribution is -2.46. The number of nitrogens with one attached hydrogen (secondary N) is 2. The van der Waals surface area contributed by atoms with E-state index in [2.05, 4.69) is 10.9 Å². The first-order valence-electron chi connectivity index (χ1n) is 4.78. The third-order valence-electron chi connectivity index (χ3n) is 1.97. The minimum absolute atomic E-state index is 0.132. The molecule has 7 heteroatoms. The van der Waals surface area contributed by atoms with Crippen molar-refractivity contribution in [2.24, 2.45) is 0 Å². The van der Waals surface area contributed by atoms with Gasteiger partial charge in [-0.15, -0.1) is 0 Å². The van der Waals surface area contributed by atoms with Gasteiger partial charge in [-0.05, 0) is 19.1 Å². The second-order valence-corrected chi connectivity index (χ2v) is 3.47. The number of amides is 1. The number of rotatable bonds is 4. The molecule has 92 valence electrons. The number of nitrogen functional groups attached to an aromatic ring is 1. The van der Waals surface area contributed by atoms with Crippen LogP contribution in [-0.4, -0.2) is 28.1 Å². The Morgan fingerprint density at radius 1 is 1.35 bits per heavy atom. The lowest BCUT2D eigenvalue weighted by Gasteiger charge is -2.11. The first-order chi connectivity index (χ1) is 7.90. The number of carboxylic acids is 1. The molecule has 0 aliphatic rings. The summed E-state index contributed by atoms with van der Waals surface area (Å²) in [5.41, 5.74) is 10.3. The van der Waals surface area contributed by atoms with Gasteiger partial charge in [-0.3, -0.25) is 15.0 Å². The van der Waals surface area contributed by atoms with Gasteiger partial charge in [0, 0.05) is 17.3 Å². The first-order valence-corrected chi connectivity index (χ1v) is 4.78. The number of phenolic OH excluding ortho intramolecular Hbond substituents is 1. The third-order valence-corrected chi connectivity index (χ3v) is 1.97. The number of carboxylic acid groups (broad SMARTS) is 1. The first kappa shape index (κ1) is 12.8. The van der Waals surface area contributed by atoms with E-state index in [9.17, 15) is 14.7 Å². The van der Waals surface area contributed by atoms with E-state index in [0.717, 1.165) is 0 Å². The van der Waals surface area contributed by atoms with Gasteiger partial charge in [0.2, 0.25) is 0 Å². The molecule has 1 aromatic rings. The van der Waals surface area contributed by atoms with Crippen LogP contribution in [0, 0.1) is 0 Å². The summed E-state index contributed by atoms with van der Waals surface area (Å²) >= 11 is 0. The van der Waals surface area contributed by atoms with Gasteiger partial charge >= 0.3 is 5.97 Å². The van der Waals surface area contributed by atoms with E-state index in [1.807, 2.05) is 0 Å². The average Bonchev–Trinajstić information content (AvgIpc) is 2.23. The Bertz CT molecular complexity index is 427. The zero-order valence-electron chi connectivity index (χ0n) is 9.10. The van der Waals surface area contributed by atoms with Crippen LogP contribution in [0.5, 0.6) is 5.75 Å². The number of hydrazine groups is 1. The Hall–Kier alpha value is -2.28. The van der Waals surface area contributed by atoms with Crippen LogP contribution in [0.1, 0.15) is 17.3 Å². The van der Waals surface area contributed by atoms with Crippen molar-refractivity contribution in [2.75, 3.05) is 5.73 Å². The van der Waals surface area contributed by atoms with Gasteiger partial charge in [0.25, 0.3) is 5.91 Å². The number of phenols is 1. The highest BCUT2D eigenvalue weighted by Gasteiger charge is 2.12. The van der Waals surface area contributed by atoms with Gasteiger partial charge < -0.3 is 15.9 Å². The van der Waals surface area contributed by atoms with Gasteiger partial charge in [0.15, 0.2) is 0 Å². The fourth-order valence-corrected chi connectivity index (χ4v) is 1.07. The second-order valence-electron chi connectivity index (χ2n) is 3.47. The largest absolute Gasteiger partial charge is 0.508 e. The molecular weight excluding hydrogens is 226 g/mol. The molecular formula is C10H13N3O4. The summed E-state index contributed by atoms with van der Waals surface area (Å²) in [7, 11) is 0. The Morgan fingerprint density at radius 2 is 2.00 bits per heavy atom. The number of benzene rings is 1. The molecule has 6 N–H and O–H groups in total. The SMILES string of the molecule is C[C@H](NNC(=O)c1cc(N)cc(O)c1)C(=O)O. The maximum Gasteiger partial charge on any atom is 0.322 e. The number of aliphatic carboxylic acids is 1. The summed E-state index contributed by atoms with van der Waals surface area (Å²) in [6.45, 7) is 1.37. The number of anilines is 1. The minimum atomic E-state index is -1.10. The molecule has 0 aliphatic heterocycles. The molecule has 1 aromatic carbocycles. The van der Waals surface area contributed by atoms with E-state index in [4.69, 9.17) is 10.8 Å². The molecule has 1 atom stereocenters. The molecule has 0 aliphatic carbocycles. The predicted molar refractivity (Wildman–Crippen MR) is 60.2 cm³/mol. The molecule has 0 spiro atoms. The molecule has 0 bridgehead atoms. The van der Waals surface area contributed by atoms with Gasteiger partial charge in [-0.2, -0.15) is 0 Å². The molecule has 0 unspecified atom stereocenters. The summed E-state index contributed by atoms with van der Waals surface area (Å²) in [6.07, 6.45) is 0. The molecule has 0 aromatic heterocycles. The van der Waals surface area contributed by atoms with Crippen LogP contribution in [0.4, 0.5) is 5.69 Å². The van der Waals surface area contributed by atoms with Crippen LogP contribution < -0.4 is 16.6 Å². The van der Waals surface area contributed by atoms with Crippen LogP contribution in [-0.2, 0) is 4.79 Å². The zero-order chi connectivity index (χ0) is 13.0. The Labute approximate surface area is 97.2 Å². The zero-order valence-corrected chi connectivity index (χ0v) is 9.10. The van der Waals surface area contributed by atoms with Gasteiger partial charge in [-0.1, -0.05) is 0 Å². The number of nitrogens with two attached hydrogens (primary N) is 1. The summed E-state index contributed by atoms with van der Waals surface area (Å²) in [5, 5.41) is 17.8. The number of hydrogen-bond acceptors (Lipinski definition) is 5. The number of carbonyl (C=O) groups is 2. The van der Waals surface area contributed by atoms with Gasteiger partial charge in [0.1, 0.15) is 11.8 Å². The van der Waals surface area contributed by atoms with Crippen molar-refractivity contribution in [3.8, 4) is 5.75 Å². The van der Waals surface area contributed by atoms with Crippen molar-refractivity contribution in [1.29, 1.82) is 0 Å². The minimum Gasteiger partial charge on any atom is -0.508 e. The molecule has 0 saturated carbocycles. The maximum absolute atomic E-state index is 11.5. The molecule has 0 heterocycles. The molecule has 7 nitrogen and oxygen atoms in total. The van der Waals surface area contributed by atoms with Gasteiger partial charge in [-0.25, -0.2) is 5.43 Å². The number of aromatic hydroxyl groups is 1. The lowest BCUT2D eigenvalue weighted by atomic mass is 10.2. The maximum atomic E-state index is 11.5. The van der Waals surface area contributed by atoms with E-state index in [0.29, 0.717) is 0 Å². The third kappa shape index (κ3) is 3.65. The fourth-order valence-electron chi connectivity index (χ4n) is 1.07. The Balaban J connectivity index is 2.67. The van der Waals surface area contributed by atoms with Crippen molar-refractivity contribution in [3.63, 3.8) is 0 Å². The highest BCUT2D eigenvalue weighted by Crippen LogP contribution is 2.16. The number of hydrogen-bond donors (Lipinski definition) is 5. The van der Waals surface area contributed by atoms with Crippen LogP contribution >= 0.6 is 0 Å². The van der Waals surface area contributed by atoms with Crippen molar-refractivity contribution >= 4 is 17.6 Å². The molecule has 17 heavy (non-hydrogen) atoms. The second kappa shape index (κ2) is 5.17. The normalized spacial score (nSPS) is 11.8. The van der Waals surface area contributed by atoms with Crippen molar-refractivity contribution in [2.45, 2.75) is 13.0 Å². The molecule has 1 amide bonds. The topological polar surface area (TPSA) is 125 Å². The van der Waals surface area contributed by atoms with Crippen molar-refractivity contribution in [3.05, 3.63) is 23.8 Å². The smallest absolute Gasteiger partial charge is 0.322 e. The quantitative estimate of drug-likeness (QED) is 0.362. The standard InChI is InChI=1S/C10H13N3O4/c1-5(10(16)17)12-13-9(15)6-2-7(11)4-8(14)3-6/h2-5,12,14H,11H2,1H3,(H,13,15)(H,16,17)/t5-/m0/s1.